The highest BCUT2D eigenvalue weighted by Crippen LogP contribution is 2.76. The van der Waals surface area contributed by atoms with Gasteiger partial charge in [0, 0.05) is 34.7 Å². The molecule has 4 fully saturated rings. The van der Waals surface area contributed by atoms with Gasteiger partial charge in [-0.15, -0.1) is 0 Å². The summed E-state index contributed by atoms with van der Waals surface area (Å²) in [6, 6.07) is 1.79. The number of furan rings is 1. The van der Waals surface area contributed by atoms with E-state index in [1.165, 1.54) is 14.0 Å². The molecule has 0 aromatic carbocycles. The molecule has 2 saturated carbocycles. The van der Waals surface area contributed by atoms with Crippen molar-refractivity contribution in [3.05, 3.63) is 35.8 Å². The minimum absolute atomic E-state index is 0.0886. The molecular weight excluding hydrogens is 508 g/mol. The second-order valence-electron chi connectivity index (χ2n) is 13.0. The van der Waals surface area contributed by atoms with E-state index in [4.69, 9.17) is 23.4 Å². The number of allylic oxidation sites excluding steroid dienone is 1. The molecule has 2 N–H and O–H groups in total. The second kappa shape index (κ2) is 7.95. The minimum atomic E-state index is -2.26. The van der Waals surface area contributed by atoms with E-state index in [1.807, 2.05) is 20.8 Å². The molecule has 3 aliphatic carbocycles. The topological polar surface area (TPSA) is 142 Å². The van der Waals surface area contributed by atoms with Crippen molar-refractivity contribution in [3.63, 3.8) is 0 Å². The van der Waals surface area contributed by atoms with E-state index in [2.05, 4.69) is 6.92 Å². The van der Waals surface area contributed by atoms with Crippen LogP contribution in [0.1, 0.15) is 65.5 Å². The van der Waals surface area contributed by atoms with E-state index in [1.54, 1.807) is 24.7 Å². The molecule has 0 amide bonds. The number of esters is 3. The fourth-order valence-electron chi connectivity index (χ4n) is 9.37. The number of carbonyl (C=O) groups is 3. The maximum Gasteiger partial charge on any atom is 0.335 e. The summed E-state index contributed by atoms with van der Waals surface area (Å²) >= 11 is 0. The highest BCUT2D eigenvalue weighted by molar-refractivity contribution is 5.77. The van der Waals surface area contributed by atoms with Gasteiger partial charge in [0.1, 0.15) is 12.2 Å². The predicted octanol–water partition coefficient (Wildman–Crippen LogP) is 2.83. The second-order valence-corrected chi connectivity index (χ2v) is 13.0. The first-order valence-electron chi connectivity index (χ1n) is 13.5. The number of carbonyl (C=O) groups excluding carboxylic acids is 3. The van der Waals surface area contributed by atoms with Crippen molar-refractivity contribution in [2.75, 3.05) is 7.11 Å². The Kier molecular flexibility index (Phi) is 5.41. The van der Waals surface area contributed by atoms with Crippen molar-refractivity contribution >= 4 is 17.9 Å². The number of ether oxygens (including phenoxy) is 4. The SMILES string of the molecule is COC(=O)C1OC2(O)C3(O)C=C4C5CC(=O)OC(c6ccoc6)C5(C)CCC4C2(C)C1C(C)(C)C3OC(C)=O. The average molecular weight is 545 g/mol. The number of hydrogen-bond donors (Lipinski definition) is 2. The number of aliphatic hydroxyl groups is 2. The molecule has 10 atom stereocenters. The van der Waals surface area contributed by atoms with Gasteiger partial charge >= 0.3 is 17.9 Å². The monoisotopic (exact) mass is 544 g/mol. The zero-order valence-corrected chi connectivity index (χ0v) is 23.1. The number of cyclic esters (lactones) is 1. The van der Waals surface area contributed by atoms with Gasteiger partial charge in [-0.2, -0.15) is 0 Å². The summed E-state index contributed by atoms with van der Waals surface area (Å²) < 4.78 is 28.2. The molecule has 1 aromatic heterocycles. The molecule has 6 rings (SSSR count). The van der Waals surface area contributed by atoms with E-state index in [0.29, 0.717) is 12.8 Å². The Morgan fingerprint density at radius 1 is 1.13 bits per heavy atom. The van der Waals surface area contributed by atoms with E-state index in [9.17, 15) is 24.6 Å². The highest BCUT2D eigenvalue weighted by Gasteiger charge is 2.86. The Morgan fingerprint density at radius 2 is 1.85 bits per heavy atom. The van der Waals surface area contributed by atoms with Crippen LogP contribution in [-0.4, -0.2) is 58.8 Å². The molecule has 10 unspecified atom stereocenters. The molecule has 5 aliphatic rings. The first kappa shape index (κ1) is 26.5. The lowest BCUT2D eigenvalue weighted by molar-refractivity contribution is -0.369. The van der Waals surface area contributed by atoms with E-state index < -0.39 is 63.8 Å². The highest BCUT2D eigenvalue weighted by atomic mass is 16.7. The van der Waals surface area contributed by atoms with Gasteiger partial charge in [0.25, 0.3) is 0 Å². The predicted molar refractivity (Wildman–Crippen MR) is 132 cm³/mol. The first-order valence-corrected chi connectivity index (χ1v) is 13.5. The lowest BCUT2D eigenvalue weighted by Crippen LogP contribution is -2.79. The van der Waals surface area contributed by atoms with Crippen LogP contribution in [0, 0.1) is 34.0 Å². The lowest BCUT2D eigenvalue weighted by atomic mass is 9.38. The van der Waals surface area contributed by atoms with Gasteiger partial charge in [0.05, 0.1) is 26.1 Å². The summed E-state index contributed by atoms with van der Waals surface area (Å²) in [5.74, 6) is -5.33. The molecule has 212 valence electrons. The van der Waals surface area contributed by atoms with Crippen molar-refractivity contribution < 1.29 is 48.0 Å². The third kappa shape index (κ3) is 3.00. The summed E-state index contributed by atoms with van der Waals surface area (Å²) in [7, 11) is 1.25. The molecule has 1 aromatic rings. The smallest absolute Gasteiger partial charge is 0.335 e. The van der Waals surface area contributed by atoms with Crippen molar-refractivity contribution in [1.29, 1.82) is 0 Å². The quantitative estimate of drug-likeness (QED) is 0.331. The summed E-state index contributed by atoms with van der Waals surface area (Å²) in [5, 5.41) is 24.9. The Balaban J connectivity index is 1.58. The maximum absolute atomic E-state index is 13.1. The molecule has 0 spiro atoms. The summed E-state index contributed by atoms with van der Waals surface area (Å²) in [6.07, 6.45) is 2.99. The van der Waals surface area contributed by atoms with Crippen LogP contribution in [0.25, 0.3) is 0 Å². The van der Waals surface area contributed by atoms with Crippen LogP contribution >= 0.6 is 0 Å². The molecule has 3 heterocycles. The Labute approximate surface area is 226 Å². The fourth-order valence-corrected chi connectivity index (χ4v) is 9.37. The Bertz CT molecular complexity index is 1270. The van der Waals surface area contributed by atoms with Crippen LogP contribution in [0.15, 0.2) is 34.7 Å². The van der Waals surface area contributed by atoms with Crippen LogP contribution < -0.4 is 0 Å². The molecule has 2 aliphatic heterocycles. The van der Waals surface area contributed by atoms with Gasteiger partial charge in [0.2, 0.25) is 5.79 Å². The summed E-state index contributed by atoms with van der Waals surface area (Å²) in [5.41, 5.74) is -3.40. The number of hydrogen-bond acceptors (Lipinski definition) is 10. The first-order chi connectivity index (χ1) is 18.2. The van der Waals surface area contributed by atoms with E-state index in [0.717, 1.165) is 11.1 Å². The average Bonchev–Trinajstić information content (AvgIpc) is 3.46. The van der Waals surface area contributed by atoms with Crippen LogP contribution in [0.3, 0.4) is 0 Å². The Hall–Kier alpha value is -2.69. The molecule has 10 heteroatoms. The molecule has 2 saturated heterocycles. The third-order valence-corrected chi connectivity index (χ3v) is 10.9. The third-order valence-electron chi connectivity index (χ3n) is 10.9. The molecular formula is C29H36O10. The molecule has 0 radical (unpaired) electrons. The molecule has 39 heavy (non-hydrogen) atoms. The van der Waals surface area contributed by atoms with Crippen LogP contribution in [0.2, 0.25) is 0 Å². The van der Waals surface area contributed by atoms with Crippen molar-refractivity contribution in [1.82, 2.24) is 0 Å². The van der Waals surface area contributed by atoms with Gasteiger partial charge in [-0.3, -0.25) is 9.59 Å². The number of fused-ring (bicyclic) bond motifs is 3. The zero-order chi connectivity index (χ0) is 28.3. The zero-order valence-electron chi connectivity index (χ0n) is 23.1. The van der Waals surface area contributed by atoms with Gasteiger partial charge in [-0.25, -0.2) is 4.79 Å². The fraction of sp³-hybridized carbons (Fsp3) is 0.690. The normalized spacial score (nSPS) is 47.3. The van der Waals surface area contributed by atoms with E-state index >= 15 is 0 Å². The van der Waals surface area contributed by atoms with Crippen LogP contribution in [0.4, 0.5) is 0 Å². The summed E-state index contributed by atoms with van der Waals surface area (Å²) in [4.78, 5) is 38.4. The standard InChI is InChI=1S/C29H36O10/c1-14(30)37-24-25(2,3)21-20(23(32)35-6)39-29(34)27(21,5)17-7-9-26(4)18(16(17)12-28(24,29)33)11-19(31)38-22(26)15-8-10-36-13-15/h8,10,12-13,17-18,20-22,24,33-34H,7,9,11H2,1-6H3. The maximum atomic E-state index is 13.1. The van der Waals surface area contributed by atoms with Crippen molar-refractivity contribution in [2.45, 2.75) is 83.6 Å². The van der Waals surface area contributed by atoms with Crippen molar-refractivity contribution in [3.8, 4) is 0 Å². The number of methoxy groups -OCH3 is 1. The summed E-state index contributed by atoms with van der Waals surface area (Å²) in [6.45, 7) is 8.78. The van der Waals surface area contributed by atoms with Gasteiger partial charge in [-0.1, -0.05) is 33.3 Å². The Morgan fingerprint density at radius 3 is 2.46 bits per heavy atom. The van der Waals surface area contributed by atoms with Gasteiger partial charge in [-0.05, 0) is 36.8 Å². The van der Waals surface area contributed by atoms with Gasteiger partial charge in [0.15, 0.2) is 11.7 Å². The van der Waals surface area contributed by atoms with E-state index in [-0.39, 0.29) is 24.2 Å². The van der Waals surface area contributed by atoms with Crippen LogP contribution in [-0.2, 0) is 33.3 Å². The lowest BCUT2D eigenvalue weighted by Gasteiger charge is -2.68. The van der Waals surface area contributed by atoms with Crippen molar-refractivity contribution in [2.24, 2.45) is 34.0 Å². The largest absolute Gasteiger partial charge is 0.472 e. The van der Waals surface area contributed by atoms with Gasteiger partial charge < -0.3 is 33.6 Å². The molecule has 10 nitrogen and oxygen atoms in total. The minimum Gasteiger partial charge on any atom is -0.472 e. The van der Waals surface area contributed by atoms with Crippen LogP contribution in [0.5, 0.6) is 0 Å². The number of rotatable bonds is 3. The molecule has 4 bridgehead atoms.